The maximum absolute atomic E-state index is 11.9. The Morgan fingerprint density at radius 3 is 2.75 bits per heavy atom. The molecule has 0 amide bonds. The first-order chi connectivity index (χ1) is 11.5. The van der Waals surface area contributed by atoms with Crippen LogP contribution in [0.25, 0.3) is 0 Å². The van der Waals surface area contributed by atoms with E-state index in [9.17, 15) is 14.7 Å². The smallest absolute Gasteiger partial charge is 0.303 e. The van der Waals surface area contributed by atoms with Gasteiger partial charge in [0.2, 0.25) is 0 Å². The van der Waals surface area contributed by atoms with E-state index in [1.54, 1.807) is 12.2 Å². The van der Waals surface area contributed by atoms with Crippen LogP contribution in [0.15, 0.2) is 36.0 Å². The summed E-state index contributed by atoms with van der Waals surface area (Å²) in [5.41, 5.74) is 0.769. The topological polar surface area (TPSA) is 74.6 Å². The van der Waals surface area contributed by atoms with Gasteiger partial charge in [-0.1, -0.05) is 56.9 Å². The van der Waals surface area contributed by atoms with E-state index >= 15 is 0 Å². The highest BCUT2D eigenvalue weighted by Crippen LogP contribution is 2.24. The van der Waals surface area contributed by atoms with E-state index in [2.05, 4.69) is 6.92 Å². The summed E-state index contributed by atoms with van der Waals surface area (Å²) in [6, 6.07) is 0. The molecule has 134 valence electrons. The third-order valence-corrected chi connectivity index (χ3v) is 4.20. The van der Waals surface area contributed by atoms with Crippen molar-refractivity contribution >= 4 is 11.8 Å². The zero-order chi connectivity index (χ0) is 17.8. The monoisotopic (exact) mass is 334 g/mol. The van der Waals surface area contributed by atoms with E-state index in [1.807, 2.05) is 18.2 Å². The molecule has 2 atom stereocenters. The quantitative estimate of drug-likeness (QED) is 0.319. The first-order valence-corrected chi connectivity index (χ1v) is 9.05. The van der Waals surface area contributed by atoms with Gasteiger partial charge in [0, 0.05) is 17.9 Å². The van der Waals surface area contributed by atoms with Gasteiger partial charge < -0.3 is 10.2 Å². The number of rotatable bonds is 12. The van der Waals surface area contributed by atoms with Crippen LogP contribution in [0.3, 0.4) is 0 Å². The number of aliphatic hydroxyl groups excluding tert-OH is 1. The van der Waals surface area contributed by atoms with E-state index in [1.165, 1.54) is 0 Å². The fourth-order valence-corrected chi connectivity index (χ4v) is 2.76. The molecule has 1 aliphatic carbocycles. The normalized spacial score (nSPS) is 20.3. The summed E-state index contributed by atoms with van der Waals surface area (Å²) >= 11 is 0. The van der Waals surface area contributed by atoms with E-state index in [0.29, 0.717) is 6.42 Å². The number of aliphatic carboxylic acids is 1. The van der Waals surface area contributed by atoms with Gasteiger partial charge in [-0.3, -0.25) is 9.59 Å². The second-order valence-electron chi connectivity index (χ2n) is 6.35. The number of aliphatic hydroxyl groups is 1. The summed E-state index contributed by atoms with van der Waals surface area (Å²) in [6.45, 7) is 2.13. The van der Waals surface area contributed by atoms with Crippen LogP contribution in [-0.4, -0.2) is 28.1 Å². The first-order valence-electron chi connectivity index (χ1n) is 9.05. The van der Waals surface area contributed by atoms with Crippen molar-refractivity contribution in [3.05, 3.63) is 36.0 Å². The molecule has 24 heavy (non-hydrogen) atoms. The maximum atomic E-state index is 11.9. The molecule has 0 aliphatic heterocycles. The second-order valence-corrected chi connectivity index (χ2v) is 6.35. The lowest BCUT2D eigenvalue weighted by atomic mass is 9.98. The Labute approximate surface area is 145 Å². The number of carbonyl (C=O) groups is 2. The minimum atomic E-state index is -0.758. The molecule has 0 aromatic heterocycles. The fraction of sp³-hybridized carbons (Fsp3) is 0.600. The molecule has 0 bridgehead atoms. The minimum Gasteiger partial charge on any atom is -0.481 e. The molecule has 2 N–H and O–H groups in total. The Morgan fingerprint density at radius 1 is 1.25 bits per heavy atom. The zero-order valence-electron chi connectivity index (χ0n) is 14.6. The molecule has 4 nitrogen and oxygen atoms in total. The van der Waals surface area contributed by atoms with Crippen LogP contribution in [0.1, 0.15) is 64.7 Å². The molecule has 0 saturated heterocycles. The van der Waals surface area contributed by atoms with Crippen LogP contribution >= 0.6 is 0 Å². The number of ketones is 1. The standard InChI is InChI=1S/C20H30O4/c1-2-3-6-9-17(21)14-12-16-13-15-19(22)18(16)10-7-4-5-8-11-20(23)24/h10,12-17,21H,2-9,11H2,1H3,(H,23,24)/b14-12+,18-10+/t16?,17-/m0/s1. The van der Waals surface area contributed by atoms with Gasteiger partial charge >= 0.3 is 5.97 Å². The van der Waals surface area contributed by atoms with Gasteiger partial charge in [0.25, 0.3) is 0 Å². The van der Waals surface area contributed by atoms with E-state index in [4.69, 9.17) is 5.11 Å². The first kappa shape index (κ1) is 20.4. The number of hydrogen-bond donors (Lipinski definition) is 2. The van der Waals surface area contributed by atoms with Crippen LogP contribution in [0.2, 0.25) is 0 Å². The van der Waals surface area contributed by atoms with Crippen molar-refractivity contribution in [1.29, 1.82) is 0 Å². The van der Waals surface area contributed by atoms with Crippen LogP contribution in [0.5, 0.6) is 0 Å². The Morgan fingerprint density at radius 2 is 2.04 bits per heavy atom. The summed E-state index contributed by atoms with van der Waals surface area (Å²) in [5, 5.41) is 18.5. The third kappa shape index (κ3) is 8.25. The predicted molar refractivity (Wildman–Crippen MR) is 95.7 cm³/mol. The Balaban J connectivity index is 2.40. The fourth-order valence-electron chi connectivity index (χ4n) is 2.76. The molecule has 1 rings (SSSR count). The lowest BCUT2D eigenvalue weighted by Gasteiger charge is -2.08. The van der Waals surface area contributed by atoms with Crippen molar-refractivity contribution in [1.82, 2.24) is 0 Å². The van der Waals surface area contributed by atoms with Gasteiger partial charge in [-0.15, -0.1) is 0 Å². The maximum Gasteiger partial charge on any atom is 0.303 e. The van der Waals surface area contributed by atoms with E-state index in [-0.39, 0.29) is 18.1 Å². The molecule has 0 spiro atoms. The Bertz CT molecular complexity index is 488. The van der Waals surface area contributed by atoms with Crippen molar-refractivity contribution in [3.8, 4) is 0 Å². The van der Waals surface area contributed by atoms with Gasteiger partial charge in [-0.25, -0.2) is 0 Å². The number of hydrogen-bond acceptors (Lipinski definition) is 3. The summed E-state index contributed by atoms with van der Waals surface area (Å²) in [5.74, 6) is -0.765. The number of carboxylic acid groups (broad SMARTS) is 1. The molecular weight excluding hydrogens is 304 g/mol. The number of unbranched alkanes of at least 4 members (excludes halogenated alkanes) is 5. The summed E-state index contributed by atoms with van der Waals surface area (Å²) in [4.78, 5) is 22.4. The van der Waals surface area contributed by atoms with E-state index in [0.717, 1.165) is 50.5 Å². The summed E-state index contributed by atoms with van der Waals surface area (Å²) < 4.78 is 0. The van der Waals surface area contributed by atoms with Gasteiger partial charge in [-0.2, -0.15) is 0 Å². The highest BCUT2D eigenvalue weighted by atomic mass is 16.4. The lowest BCUT2D eigenvalue weighted by molar-refractivity contribution is -0.137. The largest absolute Gasteiger partial charge is 0.481 e. The van der Waals surface area contributed by atoms with Crippen molar-refractivity contribution in [2.24, 2.45) is 5.92 Å². The molecule has 0 fully saturated rings. The number of allylic oxidation sites excluding steroid dienone is 5. The van der Waals surface area contributed by atoms with Gasteiger partial charge in [-0.05, 0) is 31.8 Å². The molecule has 0 heterocycles. The second kappa shape index (κ2) is 11.8. The zero-order valence-corrected chi connectivity index (χ0v) is 14.6. The molecule has 1 unspecified atom stereocenters. The highest BCUT2D eigenvalue weighted by molar-refractivity contribution is 6.07. The van der Waals surface area contributed by atoms with Gasteiger partial charge in [0.15, 0.2) is 5.78 Å². The highest BCUT2D eigenvalue weighted by Gasteiger charge is 2.20. The Kier molecular flexibility index (Phi) is 10.0. The molecule has 0 saturated carbocycles. The number of carbonyl (C=O) groups excluding carboxylic acids is 1. The lowest BCUT2D eigenvalue weighted by Crippen LogP contribution is -2.05. The third-order valence-electron chi connectivity index (χ3n) is 4.20. The van der Waals surface area contributed by atoms with Crippen LogP contribution in [0, 0.1) is 5.92 Å². The van der Waals surface area contributed by atoms with Gasteiger partial charge in [0.1, 0.15) is 0 Å². The average Bonchev–Trinajstić information content (AvgIpc) is 2.89. The average molecular weight is 334 g/mol. The molecule has 4 heteroatoms. The SMILES string of the molecule is CCCCC[C@H](O)/C=C/C1C=CC(=O)/C1=C/CCCCCC(=O)O. The molecular formula is C20H30O4. The predicted octanol–water partition coefficient (Wildman–Crippen LogP) is 4.20. The van der Waals surface area contributed by atoms with Crippen molar-refractivity contribution < 1.29 is 19.8 Å². The van der Waals surface area contributed by atoms with Crippen LogP contribution in [0.4, 0.5) is 0 Å². The molecule has 0 aromatic rings. The van der Waals surface area contributed by atoms with Gasteiger partial charge in [0.05, 0.1) is 6.10 Å². The van der Waals surface area contributed by atoms with Crippen molar-refractivity contribution in [3.63, 3.8) is 0 Å². The minimum absolute atomic E-state index is 0.0376. The van der Waals surface area contributed by atoms with Crippen LogP contribution < -0.4 is 0 Å². The molecule has 0 aromatic carbocycles. The van der Waals surface area contributed by atoms with E-state index < -0.39 is 12.1 Å². The summed E-state index contributed by atoms with van der Waals surface area (Å²) in [6.07, 6.45) is 16.1. The van der Waals surface area contributed by atoms with Crippen LogP contribution in [-0.2, 0) is 9.59 Å². The van der Waals surface area contributed by atoms with Crippen molar-refractivity contribution in [2.45, 2.75) is 70.8 Å². The van der Waals surface area contributed by atoms with Crippen molar-refractivity contribution in [2.75, 3.05) is 0 Å². The molecule has 1 aliphatic rings. The molecule has 0 radical (unpaired) electrons. The Hall–Kier alpha value is -1.68. The number of carboxylic acids is 1. The summed E-state index contributed by atoms with van der Waals surface area (Å²) in [7, 11) is 0.